The fourth-order valence-electron chi connectivity index (χ4n) is 2.00. The first-order valence-corrected chi connectivity index (χ1v) is 6.81. The molecule has 0 atom stereocenters. The Bertz CT molecular complexity index is 572. The number of nitrogens with two attached hydrogens (primary N) is 1. The maximum absolute atomic E-state index is 5.82. The van der Waals surface area contributed by atoms with Crippen LogP contribution in [0.1, 0.15) is 5.56 Å². The number of hydrogen-bond acceptors (Lipinski definition) is 3. The number of halogens is 1. The van der Waals surface area contributed by atoms with Crippen LogP contribution in [0.5, 0.6) is 5.75 Å². The van der Waals surface area contributed by atoms with Gasteiger partial charge in [-0.2, -0.15) is 0 Å². The van der Waals surface area contributed by atoms with Crippen molar-refractivity contribution in [1.82, 2.24) is 0 Å². The van der Waals surface area contributed by atoms with Gasteiger partial charge in [-0.25, -0.2) is 0 Å². The number of ether oxygens (including phenoxy) is 1. The van der Waals surface area contributed by atoms with Crippen LogP contribution < -0.4 is 15.4 Å². The molecule has 0 fully saturated rings. The SMILES string of the molecule is COc1cccc(N(C)c2ccc(Br)cc2CN)c1. The number of anilines is 2. The third-order valence-corrected chi connectivity index (χ3v) is 3.56. The van der Waals surface area contributed by atoms with E-state index in [1.54, 1.807) is 7.11 Å². The quantitative estimate of drug-likeness (QED) is 0.933. The molecule has 0 aliphatic rings. The summed E-state index contributed by atoms with van der Waals surface area (Å²) in [5.41, 5.74) is 9.08. The summed E-state index contributed by atoms with van der Waals surface area (Å²) in [7, 11) is 3.70. The molecule has 0 radical (unpaired) electrons. The monoisotopic (exact) mass is 320 g/mol. The van der Waals surface area contributed by atoms with E-state index in [0.29, 0.717) is 6.54 Å². The Morgan fingerprint density at radius 1 is 1.21 bits per heavy atom. The Hall–Kier alpha value is -1.52. The Kier molecular flexibility index (Phi) is 4.45. The largest absolute Gasteiger partial charge is 0.497 e. The molecule has 0 saturated carbocycles. The minimum Gasteiger partial charge on any atom is -0.497 e. The number of rotatable bonds is 4. The molecule has 3 nitrogen and oxygen atoms in total. The second-order valence-electron chi connectivity index (χ2n) is 4.24. The van der Waals surface area contributed by atoms with E-state index in [0.717, 1.165) is 27.2 Å². The van der Waals surface area contributed by atoms with Crippen molar-refractivity contribution >= 4 is 27.3 Å². The Balaban J connectivity index is 2.40. The molecule has 2 N–H and O–H groups in total. The molecule has 0 aromatic heterocycles. The van der Waals surface area contributed by atoms with E-state index in [1.165, 1.54) is 0 Å². The molecule has 0 aliphatic heterocycles. The van der Waals surface area contributed by atoms with Gasteiger partial charge in [0.1, 0.15) is 5.75 Å². The van der Waals surface area contributed by atoms with Gasteiger partial charge in [-0.3, -0.25) is 0 Å². The predicted octanol–water partition coefficient (Wildman–Crippen LogP) is 3.68. The summed E-state index contributed by atoms with van der Waals surface area (Å²) >= 11 is 3.47. The molecule has 2 aromatic rings. The summed E-state index contributed by atoms with van der Waals surface area (Å²) in [5.74, 6) is 0.843. The van der Waals surface area contributed by atoms with Crippen LogP contribution in [0.4, 0.5) is 11.4 Å². The minimum atomic E-state index is 0.503. The van der Waals surface area contributed by atoms with Crippen LogP contribution in [0.25, 0.3) is 0 Å². The molecular weight excluding hydrogens is 304 g/mol. The number of benzene rings is 2. The van der Waals surface area contributed by atoms with Gasteiger partial charge in [0.25, 0.3) is 0 Å². The molecule has 0 amide bonds. The average molecular weight is 321 g/mol. The summed E-state index contributed by atoms with van der Waals surface area (Å²) in [4.78, 5) is 2.11. The van der Waals surface area contributed by atoms with Crippen molar-refractivity contribution in [2.24, 2.45) is 5.73 Å². The molecule has 0 saturated heterocycles. The van der Waals surface area contributed by atoms with E-state index < -0.39 is 0 Å². The number of methoxy groups -OCH3 is 1. The van der Waals surface area contributed by atoms with Crippen LogP contribution in [0.3, 0.4) is 0 Å². The maximum atomic E-state index is 5.82. The van der Waals surface area contributed by atoms with Gasteiger partial charge in [0, 0.05) is 35.5 Å². The standard InChI is InChI=1S/C15H17BrN2O/c1-18(13-4-3-5-14(9-13)19-2)15-7-6-12(16)8-11(15)10-17/h3-9H,10,17H2,1-2H3. The normalized spacial score (nSPS) is 10.3. The fourth-order valence-corrected chi connectivity index (χ4v) is 2.41. The molecule has 0 unspecified atom stereocenters. The molecule has 0 bridgehead atoms. The predicted molar refractivity (Wildman–Crippen MR) is 83.1 cm³/mol. The second-order valence-corrected chi connectivity index (χ2v) is 5.15. The van der Waals surface area contributed by atoms with E-state index in [9.17, 15) is 0 Å². The molecule has 0 spiro atoms. The third kappa shape index (κ3) is 3.08. The minimum absolute atomic E-state index is 0.503. The van der Waals surface area contributed by atoms with Gasteiger partial charge in [0.05, 0.1) is 7.11 Å². The van der Waals surface area contributed by atoms with Crippen LogP contribution in [-0.4, -0.2) is 14.2 Å². The summed E-state index contributed by atoms with van der Waals surface area (Å²) in [6.45, 7) is 0.503. The lowest BCUT2D eigenvalue weighted by atomic mass is 10.1. The van der Waals surface area contributed by atoms with Gasteiger partial charge in [0.15, 0.2) is 0 Å². The highest BCUT2D eigenvalue weighted by Gasteiger charge is 2.09. The highest BCUT2D eigenvalue weighted by Crippen LogP contribution is 2.30. The lowest BCUT2D eigenvalue weighted by Gasteiger charge is -2.23. The van der Waals surface area contributed by atoms with Gasteiger partial charge in [0.2, 0.25) is 0 Å². The first-order valence-electron chi connectivity index (χ1n) is 6.02. The molecule has 2 rings (SSSR count). The Labute approximate surface area is 122 Å². The average Bonchev–Trinajstić information content (AvgIpc) is 2.46. The fraction of sp³-hybridized carbons (Fsp3) is 0.200. The van der Waals surface area contributed by atoms with Gasteiger partial charge in [-0.05, 0) is 35.9 Å². The van der Waals surface area contributed by atoms with Crippen molar-refractivity contribution in [2.45, 2.75) is 6.54 Å². The van der Waals surface area contributed by atoms with Crippen molar-refractivity contribution in [1.29, 1.82) is 0 Å². The van der Waals surface area contributed by atoms with Crippen molar-refractivity contribution in [2.75, 3.05) is 19.1 Å². The van der Waals surface area contributed by atoms with E-state index in [2.05, 4.69) is 26.9 Å². The van der Waals surface area contributed by atoms with Gasteiger partial charge in [-0.1, -0.05) is 22.0 Å². The Morgan fingerprint density at radius 2 is 2.00 bits per heavy atom. The van der Waals surface area contributed by atoms with E-state index in [1.807, 2.05) is 43.4 Å². The zero-order valence-electron chi connectivity index (χ0n) is 11.1. The van der Waals surface area contributed by atoms with Gasteiger partial charge in [-0.15, -0.1) is 0 Å². The van der Waals surface area contributed by atoms with Gasteiger partial charge < -0.3 is 15.4 Å². The number of nitrogens with zero attached hydrogens (tertiary/aromatic N) is 1. The summed E-state index contributed by atoms with van der Waals surface area (Å²) < 4.78 is 6.30. The summed E-state index contributed by atoms with van der Waals surface area (Å²) in [5, 5.41) is 0. The number of hydrogen-bond donors (Lipinski definition) is 1. The van der Waals surface area contributed by atoms with Crippen LogP contribution in [0, 0.1) is 0 Å². The summed E-state index contributed by atoms with van der Waals surface area (Å²) in [6, 6.07) is 14.1. The maximum Gasteiger partial charge on any atom is 0.120 e. The smallest absolute Gasteiger partial charge is 0.120 e. The van der Waals surface area contributed by atoms with Crippen molar-refractivity contribution in [3.63, 3.8) is 0 Å². The van der Waals surface area contributed by atoms with E-state index >= 15 is 0 Å². The third-order valence-electron chi connectivity index (χ3n) is 3.06. The Morgan fingerprint density at radius 3 is 2.68 bits per heavy atom. The molecule has 2 aromatic carbocycles. The van der Waals surface area contributed by atoms with E-state index in [-0.39, 0.29) is 0 Å². The molecular formula is C15H17BrN2O. The molecule has 19 heavy (non-hydrogen) atoms. The molecule has 4 heteroatoms. The second kappa shape index (κ2) is 6.08. The first kappa shape index (κ1) is 13.9. The van der Waals surface area contributed by atoms with Crippen LogP contribution in [-0.2, 0) is 6.54 Å². The molecule has 0 heterocycles. The lowest BCUT2D eigenvalue weighted by Crippen LogP contribution is -2.13. The molecule has 0 aliphatic carbocycles. The van der Waals surface area contributed by atoms with Crippen LogP contribution in [0.15, 0.2) is 46.9 Å². The zero-order valence-corrected chi connectivity index (χ0v) is 12.6. The van der Waals surface area contributed by atoms with E-state index in [4.69, 9.17) is 10.5 Å². The molecule has 100 valence electrons. The van der Waals surface area contributed by atoms with Crippen molar-refractivity contribution in [3.05, 3.63) is 52.5 Å². The van der Waals surface area contributed by atoms with Crippen molar-refractivity contribution in [3.8, 4) is 5.75 Å². The zero-order chi connectivity index (χ0) is 13.8. The van der Waals surface area contributed by atoms with Gasteiger partial charge >= 0.3 is 0 Å². The highest BCUT2D eigenvalue weighted by atomic mass is 79.9. The lowest BCUT2D eigenvalue weighted by molar-refractivity contribution is 0.415. The van der Waals surface area contributed by atoms with Crippen LogP contribution >= 0.6 is 15.9 Å². The first-order chi connectivity index (χ1) is 9.15. The highest BCUT2D eigenvalue weighted by molar-refractivity contribution is 9.10. The van der Waals surface area contributed by atoms with Crippen molar-refractivity contribution < 1.29 is 4.74 Å². The summed E-state index contributed by atoms with van der Waals surface area (Å²) in [6.07, 6.45) is 0. The van der Waals surface area contributed by atoms with Crippen LogP contribution in [0.2, 0.25) is 0 Å². The topological polar surface area (TPSA) is 38.5 Å².